The zero-order chi connectivity index (χ0) is 18.8. The molecule has 0 unspecified atom stereocenters. The van der Waals surface area contributed by atoms with Crippen LogP contribution in [-0.4, -0.2) is 40.0 Å². The van der Waals surface area contributed by atoms with Crippen LogP contribution in [0.15, 0.2) is 48.8 Å². The number of phenolic OH excluding ortho intramolecular Hbond substituents is 2. The molecule has 0 atom stereocenters. The van der Waals surface area contributed by atoms with Gasteiger partial charge in [-0.05, 0) is 81.6 Å². The predicted octanol–water partition coefficient (Wildman–Crippen LogP) is 6.02. The number of hydrogen-bond acceptors (Lipinski definition) is 4. The quantitative estimate of drug-likeness (QED) is 0.177. The number of phenols is 2. The van der Waals surface area contributed by atoms with E-state index in [0.29, 0.717) is 28.2 Å². The number of benzene rings is 2. The molecule has 0 fully saturated rings. The van der Waals surface area contributed by atoms with Crippen molar-refractivity contribution in [3.05, 3.63) is 66.0 Å². The fraction of sp³-hybridized carbons (Fsp3) is 0. The van der Waals surface area contributed by atoms with Crippen LogP contribution in [0.25, 0.3) is 21.8 Å². The van der Waals surface area contributed by atoms with E-state index in [4.69, 9.17) is 23.2 Å². The summed E-state index contributed by atoms with van der Waals surface area (Å²) in [6.45, 7) is 0. The van der Waals surface area contributed by atoms with Crippen LogP contribution >= 0.6 is 68.4 Å². The van der Waals surface area contributed by atoms with Crippen LogP contribution in [0.3, 0.4) is 0 Å². The monoisotopic (exact) mass is 678 g/mol. The van der Waals surface area contributed by atoms with Crippen molar-refractivity contribution >= 4 is 110 Å². The maximum atomic E-state index is 9.65. The molecule has 4 rings (SSSR count). The molecule has 0 radical (unpaired) electrons. The van der Waals surface area contributed by atoms with E-state index < -0.39 is 0 Å². The minimum absolute atomic E-state index is 0. The molecule has 132 valence electrons. The molecule has 0 aliphatic rings. The molecule has 0 saturated heterocycles. The first-order valence-electron chi connectivity index (χ1n) is 7.23. The van der Waals surface area contributed by atoms with Crippen LogP contribution in [0.1, 0.15) is 0 Å². The Hall–Kier alpha value is -0.464. The predicted molar refractivity (Wildman–Crippen MR) is 128 cm³/mol. The number of rotatable bonds is 0. The Bertz CT molecular complexity index is 1040. The van der Waals surface area contributed by atoms with E-state index in [-0.39, 0.29) is 31.3 Å². The fourth-order valence-electron chi connectivity index (χ4n) is 2.31. The Morgan fingerprint density at radius 1 is 0.741 bits per heavy atom. The molecule has 2 aromatic heterocycles. The smallest absolute Gasteiger partial charge is 0.505 e. The summed E-state index contributed by atoms with van der Waals surface area (Å²) >= 11 is 16.0. The Labute approximate surface area is 205 Å². The third-order valence-electron chi connectivity index (χ3n) is 3.54. The van der Waals surface area contributed by atoms with Gasteiger partial charge < -0.3 is 10.2 Å². The first kappa shape index (κ1) is 22.8. The van der Waals surface area contributed by atoms with Crippen molar-refractivity contribution in [3.8, 4) is 11.5 Å². The van der Waals surface area contributed by atoms with Crippen LogP contribution in [0, 0.1) is 7.14 Å². The van der Waals surface area contributed by atoms with E-state index in [1.54, 1.807) is 36.7 Å². The van der Waals surface area contributed by atoms with Gasteiger partial charge in [0.2, 0.25) is 0 Å². The molecule has 0 aliphatic heterocycles. The van der Waals surface area contributed by atoms with Crippen molar-refractivity contribution < 1.29 is 10.2 Å². The molecule has 2 aromatic carbocycles. The van der Waals surface area contributed by atoms with E-state index >= 15 is 0 Å². The summed E-state index contributed by atoms with van der Waals surface area (Å²) in [6.07, 6.45) is 3.27. The van der Waals surface area contributed by atoms with Crippen LogP contribution in [0.5, 0.6) is 11.5 Å². The van der Waals surface area contributed by atoms with Crippen LogP contribution in [-0.2, 0) is 0 Å². The van der Waals surface area contributed by atoms with E-state index in [1.807, 2.05) is 57.3 Å². The summed E-state index contributed by atoms with van der Waals surface area (Å²) < 4.78 is 1.43. The van der Waals surface area contributed by atoms with Gasteiger partial charge in [-0.25, -0.2) is 0 Å². The van der Waals surface area contributed by atoms with Crippen molar-refractivity contribution in [2.75, 3.05) is 0 Å². The van der Waals surface area contributed by atoms with Gasteiger partial charge in [-0.2, -0.15) is 0 Å². The molecule has 4 aromatic rings. The molecule has 0 saturated carbocycles. The molecule has 0 bridgehead atoms. The molecule has 0 spiro atoms. The summed E-state index contributed by atoms with van der Waals surface area (Å²) in [5, 5.41) is 22.1. The summed E-state index contributed by atoms with van der Waals surface area (Å²) in [4.78, 5) is 8.13. The van der Waals surface area contributed by atoms with Gasteiger partial charge >= 0.3 is 19.8 Å². The van der Waals surface area contributed by atoms with Gasteiger partial charge in [0, 0.05) is 23.2 Å². The first-order valence-corrected chi connectivity index (χ1v) is 10.1. The molecule has 9 heteroatoms. The Kier molecular flexibility index (Phi) is 8.31. The minimum Gasteiger partial charge on any atom is -0.505 e. The van der Waals surface area contributed by atoms with Crippen molar-refractivity contribution in [1.82, 2.24) is 9.97 Å². The summed E-state index contributed by atoms with van der Waals surface area (Å²) in [6, 6.07) is 10.7. The average molecular weight is 679 g/mol. The number of pyridine rings is 2. The van der Waals surface area contributed by atoms with Crippen LogP contribution < -0.4 is 0 Å². The van der Waals surface area contributed by atoms with Gasteiger partial charge in [0.25, 0.3) is 0 Å². The number of hydrogen-bond donors (Lipinski definition) is 2. The van der Waals surface area contributed by atoms with Crippen molar-refractivity contribution in [3.63, 3.8) is 0 Å². The number of aromatic nitrogens is 2. The number of aromatic hydroxyl groups is 2. The fourth-order valence-corrected chi connectivity index (χ4v) is 4.34. The van der Waals surface area contributed by atoms with Crippen LogP contribution in [0.2, 0.25) is 10.0 Å². The topological polar surface area (TPSA) is 66.2 Å². The second-order valence-corrected chi connectivity index (χ2v) is 8.32. The average Bonchev–Trinajstić information content (AvgIpc) is 2.65. The molecule has 0 aliphatic carbocycles. The maximum Gasteiger partial charge on any atom is 3.00 e. The van der Waals surface area contributed by atoms with Gasteiger partial charge in [-0.3, -0.25) is 9.97 Å². The van der Waals surface area contributed by atoms with Gasteiger partial charge in [-0.1, -0.05) is 23.2 Å². The van der Waals surface area contributed by atoms with Gasteiger partial charge in [0.05, 0.1) is 17.2 Å². The van der Waals surface area contributed by atoms with E-state index in [9.17, 15) is 10.2 Å². The Morgan fingerprint density at radius 2 is 1.11 bits per heavy atom. The molecule has 2 N–H and O–H groups in total. The Morgan fingerprint density at radius 3 is 1.48 bits per heavy atom. The zero-order valence-corrected chi connectivity index (χ0v) is 21.7. The summed E-state index contributed by atoms with van der Waals surface area (Å²) in [5.74, 6) is 0.390. The van der Waals surface area contributed by atoms with Gasteiger partial charge in [0.15, 0.2) is 11.5 Å². The molecular formula is C18H10Cl2GaI2N2O2+3. The summed E-state index contributed by atoms with van der Waals surface area (Å²) in [5.41, 5.74) is 1.11. The summed E-state index contributed by atoms with van der Waals surface area (Å²) in [7, 11) is 0. The molecule has 2 heterocycles. The van der Waals surface area contributed by atoms with Crippen molar-refractivity contribution in [2.45, 2.75) is 0 Å². The molecule has 4 nitrogen and oxygen atoms in total. The van der Waals surface area contributed by atoms with E-state index in [0.717, 1.165) is 10.8 Å². The molecule has 27 heavy (non-hydrogen) atoms. The van der Waals surface area contributed by atoms with Crippen molar-refractivity contribution in [1.29, 1.82) is 0 Å². The standard InChI is InChI=1S/2C9H5ClINO.Ga/c2*10-6-4-7(11)9(13)8-5(6)2-1-3-12-8;/h2*1-4,13H;/q;;+3/i;;1-2. The van der Waals surface area contributed by atoms with Gasteiger partial charge in [0.1, 0.15) is 11.0 Å². The largest absolute Gasteiger partial charge is 3.00 e. The maximum absolute atomic E-state index is 9.65. The SMILES string of the molecule is Oc1c(I)cc(Cl)c2cccnc12.Oc1c(I)cc(Cl)c2cccnc12.[68Ga+3]. The van der Waals surface area contributed by atoms with E-state index in [1.165, 1.54) is 0 Å². The normalized spacial score (nSPS) is 10.2. The minimum atomic E-state index is 0. The second kappa shape index (κ2) is 9.84. The molecule has 0 amide bonds. The number of nitrogens with zero attached hydrogens (tertiary/aromatic N) is 2. The van der Waals surface area contributed by atoms with E-state index in [2.05, 4.69) is 9.97 Å². The number of fused-ring (bicyclic) bond motifs is 2. The zero-order valence-electron chi connectivity index (χ0n) is 13.5. The first-order chi connectivity index (χ1) is 12.4. The number of halogens is 4. The van der Waals surface area contributed by atoms with Crippen molar-refractivity contribution in [2.24, 2.45) is 0 Å². The molecular weight excluding hydrogens is 669 g/mol. The third kappa shape index (κ3) is 4.94. The third-order valence-corrected chi connectivity index (χ3v) is 5.81. The second-order valence-electron chi connectivity index (χ2n) is 5.18. The van der Waals surface area contributed by atoms with Crippen LogP contribution in [0.4, 0.5) is 0 Å². The van der Waals surface area contributed by atoms with Gasteiger partial charge in [-0.15, -0.1) is 0 Å². The Balaban J connectivity index is 0.000000187.